The summed E-state index contributed by atoms with van der Waals surface area (Å²) in [6, 6.07) is 6.85. The van der Waals surface area contributed by atoms with Crippen molar-refractivity contribution in [2.45, 2.75) is 13.0 Å². The highest BCUT2D eigenvalue weighted by atomic mass is 32.1. The Balaban J connectivity index is 2.26. The SMILES string of the molecule is CCOC(=O)C(Nc1ccccc1OC)c1cncs1. The highest BCUT2D eigenvalue weighted by Gasteiger charge is 2.24. The lowest BCUT2D eigenvalue weighted by Crippen LogP contribution is -2.22. The molecule has 20 heavy (non-hydrogen) atoms. The topological polar surface area (TPSA) is 60.5 Å². The summed E-state index contributed by atoms with van der Waals surface area (Å²) in [5.74, 6) is 0.342. The predicted molar refractivity (Wildman–Crippen MR) is 78.1 cm³/mol. The number of anilines is 1. The molecule has 0 bridgehead atoms. The number of esters is 1. The van der Waals surface area contributed by atoms with E-state index >= 15 is 0 Å². The number of rotatable bonds is 6. The van der Waals surface area contributed by atoms with Gasteiger partial charge in [-0.3, -0.25) is 4.98 Å². The fraction of sp³-hybridized carbons (Fsp3) is 0.286. The normalized spacial score (nSPS) is 11.7. The second-order valence-electron chi connectivity index (χ2n) is 3.93. The lowest BCUT2D eigenvalue weighted by atomic mass is 10.2. The Labute approximate surface area is 121 Å². The number of hydrogen-bond donors (Lipinski definition) is 1. The van der Waals surface area contributed by atoms with Gasteiger partial charge in [0.05, 0.1) is 29.8 Å². The molecule has 0 aliphatic carbocycles. The summed E-state index contributed by atoms with van der Waals surface area (Å²) in [6.45, 7) is 2.12. The highest BCUT2D eigenvalue weighted by molar-refractivity contribution is 7.09. The van der Waals surface area contributed by atoms with Crippen molar-refractivity contribution < 1.29 is 14.3 Å². The molecule has 0 aliphatic rings. The van der Waals surface area contributed by atoms with Crippen LogP contribution in [0.4, 0.5) is 5.69 Å². The monoisotopic (exact) mass is 292 g/mol. The van der Waals surface area contributed by atoms with Gasteiger partial charge in [-0.1, -0.05) is 12.1 Å². The van der Waals surface area contributed by atoms with E-state index in [9.17, 15) is 4.79 Å². The molecule has 106 valence electrons. The fourth-order valence-electron chi connectivity index (χ4n) is 1.76. The molecule has 2 rings (SSSR count). The molecule has 2 aromatic rings. The molecule has 0 aliphatic heterocycles. The average Bonchev–Trinajstić information content (AvgIpc) is 2.99. The maximum Gasteiger partial charge on any atom is 0.334 e. The minimum absolute atomic E-state index is 0.331. The number of thiazole rings is 1. The molecule has 0 saturated heterocycles. The van der Waals surface area contributed by atoms with Crippen LogP contribution in [0.15, 0.2) is 36.0 Å². The van der Waals surface area contributed by atoms with E-state index in [-0.39, 0.29) is 5.97 Å². The predicted octanol–water partition coefficient (Wildman–Crippen LogP) is 2.87. The minimum atomic E-state index is -0.584. The van der Waals surface area contributed by atoms with E-state index in [1.54, 1.807) is 25.7 Å². The van der Waals surface area contributed by atoms with Crippen molar-refractivity contribution in [3.63, 3.8) is 0 Å². The highest BCUT2D eigenvalue weighted by Crippen LogP contribution is 2.29. The Morgan fingerprint density at radius 3 is 2.90 bits per heavy atom. The van der Waals surface area contributed by atoms with Crippen LogP contribution in [0.25, 0.3) is 0 Å². The summed E-state index contributed by atoms with van der Waals surface area (Å²) in [5, 5.41) is 3.16. The zero-order chi connectivity index (χ0) is 14.4. The Morgan fingerprint density at radius 1 is 1.45 bits per heavy atom. The van der Waals surface area contributed by atoms with Gasteiger partial charge in [-0.2, -0.15) is 0 Å². The first-order chi connectivity index (χ1) is 9.76. The van der Waals surface area contributed by atoms with Crippen molar-refractivity contribution >= 4 is 23.0 Å². The molecule has 0 amide bonds. The molecule has 0 fully saturated rings. The van der Waals surface area contributed by atoms with E-state index in [1.807, 2.05) is 24.3 Å². The van der Waals surface area contributed by atoms with Crippen LogP contribution in [0.3, 0.4) is 0 Å². The summed E-state index contributed by atoms with van der Waals surface area (Å²) in [4.78, 5) is 16.9. The van der Waals surface area contributed by atoms with E-state index in [2.05, 4.69) is 10.3 Å². The summed E-state index contributed by atoms with van der Waals surface area (Å²) >= 11 is 1.40. The fourth-order valence-corrected chi connectivity index (χ4v) is 2.42. The lowest BCUT2D eigenvalue weighted by Gasteiger charge is -2.18. The minimum Gasteiger partial charge on any atom is -0.495 e. The Kier molecular flexibility index (Phi) is 4.95. The van der Waals surface area contributed by atoms with Gasteiger partial charge in [-0.25, -0.2) is 4.79 Å². The van der Waals surface area contributed by atoms with Crippen molar-refractivity contribution in [1.82, 2.24) is 4.98 Å². The summed E-state index contributed by atoms with van der Waals surface area (Å²) < 4.78 is 10.4. The number of nitrogens with one attached hydrogen (secondary N) is 1. The number of methoxy groups -OCH3 is 1. The number of aromatic nitrogens is 1. The molecular weight excluding hydrogens is 276 g/mol. The van der Waals surface area contributed by atoms with Crippen molar-refractivity contribution in [2.75, 3.05) is 19.0 Å². The van der Waals surface area contributed by atoms with Gasteiger partial charge in [0.2, 0.25) is 0 Å². The standard InChI is InChI=1S/C14H16N2O3S/c1-3-19-14(17)13(12-8-15-9-20-12)16-10-6-4-5-7-11(10)18-2/h4-9,13,16H,3H2,1-2H3. The Hall–Kier alpha value is -2.08. The van der Waals surface area contributed by atoms with E-state index < -0.39 is 6.04 Å². The second kappa shape index (κ2) is 6.91. The van der Waals surface area contributed by atoms with Crippen molar-refractivity contribution in [3.8, 4) is 5.75 Å². The summed E-state index contributed by atoms with van der Waals surface area (Å²) in [5.41, 5.74) is 2.42. The number of benzene rings is 1. The molecular formula is C14H16N2O3S. The number of para-hydroxylation sites is 2. The molecule has 1 atom stereocenters. The number of nitrogens with zero attached hydrogens (tertiary/aromatic N) is 1. The van der Waals surface area contributed by atoms with Gasteiger partial charge in [-0.05, 0) is 19.1 Å². The molecule has 0 radical (unpaired) electrons. The largest absolute Gasteiger partial charge is 0.495 e. The maximum absolute atomic E-state index is 12.1. The average molecular weight is 292 g/mol. The van der Waals surface area contributed by atoms with Crippen LogP contribution in [0, 0.1) is 0 Å². The molecule has 1 heterocycles. The number of hydrogen-bond acceptors (Lipinski definition) is 6. The molecule has 1 aromatic carbocycles. The first-order valence-corrected chi connectivity index (χ1v) is 7.08. The number of ether oxygens (including phenoxy) is 2. The van der Waals surface area contributed by atoms with Crippen LogP contribution >= 0.6 is 11.3 Å². The van der Waals surface area contributed by atoms with E-state index in [1.165, 1.54) is 11.3 Å². The molecule has 1 unspecified atom stereocenters. The van der Waals surface area contributed by atoms with E-state index in [0.717, 1.165) is 10.6 Å². The van der Waals surface area contributed by atoms with Crippen LogP contribution in [0.5, 0.6) is 5.75 Å². The summed E-state index contributed by atoms with van der Waals surface area (Å²) in [6.07, 6.45) is 1.66. The first kappa shape index (κ1) is 14.3. The number of carbonyl (C=O) groups excluding carboxylic acids is 1. The lowest BCUT2D eigenvalue weighted by molar-refractivity contribution is -0.144. The third kappa shape index (κ3) is 3.27. The smallest absolute Gasteiger partial charge is 0.334 e. The zero-order valence-electron chi connectivity index (χ0n) is 11.3. The van der Waals surface area contributed by atoms with E-state index in [4.69, 9.17) is 9.47 Å². The third-order valence-corrected chi connectivity index (χ3v) is 3.51. The quantitative estimate of drug-likeness (QED) is 0.830. The van der Waals surface area contributed by atoms with Gasteiger partial charge in [0.1, 0.15) is 5.75 Å². The Morgan fingerprint density at radius 2 is 2.25 bits per heavy atom. The summed E-state index contributed by atoms with van der Waals surface area (Å²) in [7, 11) is 1.59. The first-order valence-electron chi connectivity index (χ1n) is 6.20. The van der Waals surface area contributed by atoms with Crippen molar-refractivity contribution in [3.05, 3.63) is 40.8 Å². The van der Waals surface area contributed by atoms with Gasteiger partial charge < -0.3 is 14.8 Å². The van der Waals surface area contributed by atoms with Gasteiger partial charge in [0, 0.05) is 6.20 Å². The third-order valence-electron chi connectivity index (χ3n) is 2.67. The van der Waals surface area contributed by atoms with Crippen LogP contribution in [0.2, 0.25) is 0 Å². The Bertz CT molecular complexity index is 557. The van der Waals surface area contributed by atoms with Crippen molar-refractivity contribution in [2.24, 2.45) is 0 Å². The molecule has 0 saturated carbocycles. The van der Waals surface area contributed by atoms with Crippen LogP contribution in [-0.2, 0) is 9.53 Å². The maximum atomic E-state index is 12.1. The number of carbonyl (C=O) groups is 1. The molecule has 1 N–H and O–H groups in total. The molecule has 6 heteroatoms. The van der Waals surface area contributed by atoms with Gasteiger partial charge in [0.15, 0.2) is 6.04 Å². The molecule has 0 spiro atoms. The van der Waals surface area contributed by atoms with Crippen molar-refractivity contribution in [1.29, 1.82) is 0 Å². The van der Waals surface area contributed by atoms with Crippen LogP contribution < -0.4 is 10.1 Å². The zero-order valence-corrected chi connectivity index (χ0v) is 12.1. The van der Waals surface area contributed by atoms with Gasteiger partial charge in [0.25, 0.3) is 0 Å². The molecule has 5 nitrogen and oxygen atoms in total. The van der Waals surface area contributed by atoms with Crippen LogP contribution in [0.1, 0.15) is 17.8 Å². The van der Waals surface area contributed by atoms with E-state index in [0.29, 0.717) is 12.4 Å². The second-order valence-corrected chi connectivity index (χ2v) is 4.85. The molecule has 1 aromatic heterocycles. The van der Waals surface area contributed by atoms with Crippen LogP contribution in [-0.4, -0.2) is 24.7 Å². The van der Waals surface area contributed by atoms with Gasteiger partial charge >= 0.3 is 5.97 Å². The van der Waals surface area contributed by atoms with Gasteiger partial charge in [-0.15, -0.1) is 11.3 Å².